The molecule has 0 radical (unpaired) electrons. The average Bonchev–Trinajstić information content (AvgIpc) is 3.45. The summed E-state index contributed by atoms with van der Waals surface area (Å²) >= 11 is 0. The Morgan fingerprint density at radius 1 is 0.382 bits per heavy atom. The van der Waals surface area contributed by atoms with E-state index >= 15 is 0 Å². The zero-order valence-electron chi connectivity index (χ0n) is 41.4. The van der Waals surface area contributed by atoms with E-state index in [0.29, 0.717) is 66.2 Å². The van der Waals surface area contributed by atoms with E-state index in [4.69, 9.17) is 13.5 Å². The molecule has 0 spiro atoms. The first-order valence-electron chi connectivity index (χ1n) is 24.3. The number of carbonyl (C=O) groups excluding carboxylic acids is 2. The Kier molecular flexibility index (Phi) is 14.9. The first kappa shape index (κ1) is 53.4. The number of carbonyl (C=O) groups is 2. The molecule has 0 aliphatic carbocycles. The van der Waals surface area contributed by atoms with Crippen LogP contribution in [0.2, 0.25) is 0 Å². The van der Waals surface area contributed by atoms with Crippen LogP contribution in [0.4, 0.5) is 26.3 Å². The molecule has 9 aromatic carbocycles. The van der Waals surface area contributed by atoms with Crippen LogP contribution < -0.4 is 36.5 Å². The second-order valence-corrected chi connectivity index (χ2v) is 27.6. The van der Waals surface area contributed by atoms with Gasteiger partial charge in [0, 0.05) is 0 Å². The van der Waals surface area contributed by atoms with Gasteiger partial charge in [-0.3, -0.25) is 0 Å². The van der Waals surface area contributed by atoms with Crippen LogP contribution in [0.5, 0.6) is 5.75 Å². The molecule has 0 fully saturated rings. The topological polar surface area (TPSA) is 61.8 Å². The molecular formula is C62H51BF6O5P2. The molecule has 384 valence electrons. The third kappa shape index (κ3) is 10.1. The second kappa shape index (κ2) is 21.3. The normalized spacial score (nSPS) is 13.1. The van der Waals surface area contributed by atoms with Gasteiger partial charge in [0.2, 0.25) is 0 Å². The molecule has 14 heteroatoms. The van der Waals surface area contributed by atoms with Crippen molar-refractivity contribution in [2.24, 2.45) is 0 Å². The van der Waals surface area contributed by atoms with Crippen LogP contribution >= 0.6 is 13.7 Å². The van der Waals surface area contributed by atoms with Crippen molar-refractivity contribution in [2.45, 2.75) is 38.5 Å². The molecule has 0 aliphatic rings. The summed E-state index contributed by atoms with van der Waals surface area (Å²) in [5.74, 6) is -1.17. The van der Waals surface area contributed by atoms with Crippen molar-refractivity contribution in [3.05, 3.63) is 282 Å². The average molecular weight is 1060 g/mol. The van der Waals surface area contributed by atoms with Gasteiger partial charge in [-0.1, -0.05) is 0 Å². The van der Waals surface area contributed by atoms with Gasteiger partial charge >= 0.3 is 440 Å². The summed E-state index contributed by atoms with van der Waals surface area (Å²) in [6, 6.07) is 71.1. The van der Waals surface area contributed by atoms with Crippen molar-refractivity contribution in [3.8, 4) is 5.75 Å². The number of hydrogen-bond acceptors (Lipinski definition) is 5. The van der Waals surface area contributed by atoms with Crippen LogP contribution in [0.15, 0.2) is 249 Å². The van der Waals surface area contributed by atoms with Crippen molar-refractivity contribution in [2.75, 3.05) is 0 Å². The van der Waals surface area contributed by atoms with E-state index in [9.17, 15) is 35.9 Å². The Bertz CT molecular complexity index is 3020. The zero-order valence-corrected chi connectivity index (χ0v) is 43.2. The van der Waals surface area contributed by atoms with Gasteiger partial charge in [0.1, 0.15) is 0 Å². The maximum absolute atomic E-state index is 15.0. The molecule has 0 amide bonds. The van der Waals surface area contributed by atoms with Gasteiger partial charge in [0.05, 0.1) is 0 Å². The summed E-state index contributed by atoms with van der Waals surface area (Å²) in [5.41, 5.74) is -0.972. The number of halogens is 6. The summed E-state index contributed by atoms with van der Waals surface area (Å²) in [5, 5.41) is 3.66. The van der Waals surface area contributed by atoms with E-state index in [1.807, 2.05) is 206 Å². The second-order valence-electron chi connectivity index (χ2n) is 18.6. The third-order valence-corrected chi connectivity index (χ3v) is 25.5. The van der Waals surface area contributed by atoms with Gasteiger partial charge in [-0.15, -0.1) is 0 Å². The number of rotatable bonds is 18. The minimum absolute atomic E-state index is 0.0198. The molecule has 9 aromatic rings. The van der Waals surface area contributed by atoms with Crippen LogP contribution in [-0.2, 0) is 33.6 Å². The summed E-state index contributed by atoms with van der Waals surface area (Å²) in [7, 11) is -2.19. The molecule has 5 nitrogen and oxygen atoms in total. The van der Waals surface area contributed by atoms with Gasteiger partial charge in [-0.05, 0) is 0 Å². The van der Waals surface area contributed by atoms with E-state index in [1.54, 1.807) is 24.3 Å². The minimum atomic E-state index is -5.25. The van der Waals surface area contributed by atoms with E-state index in [2.05, 4.69) is 0 Å². The molecule has 0 aliphatic heterocycles. The fourth-order valence-electron chi connectivity index (χ4n) is 10.3. The summed E-state index contributed by atoms with van der Waals surface area (Å²) in [4.78, 5) is 25.5. The molecule has 0 saturated heterocycles. The third-order valence-electron chi connectivity index (χ3n) is 13.9. The molecule has 0 saturated carbocycles. The predicted molar refractivity (Wildman–Crippen MR) is 296 cm³/mol. The van der Waals surface area contributed by atoms with Gasteiger partial charge < -0.3 is 0 Å². The fraction of sp³-hybridized carbons (Fsp3) is 0.0968. The zero-order chi connectivity index (χ0) is 53.7. The van der Waals surface area contributed by atoms with Gasteiger partial charge in [0.25, 0.3) is 0 Å². The quantitative estimate of drug-likeness (QED) is 0.0371. The molecule has 0 heterocycles. The number of benzene rings is 9. The summed E-state index contributed by atoms with van der Waals surface area (Å²) < 4.78 is 113. The monoisotopic (exact) mass is 1060 g/mol. The van der Waals surface area contributed by atoms with Crippen molar-refractivity contribution in [1.29, 1.82) is 0 Å². The molecule has 76 heavy (non-hydrogen) atoms. The molecular weight excluding hydrogens is 1010 g/mol. The molecule has 0 N–H and O–H groups in total. The Hall–Kier alpha value is -7.46. The number of hydrogen-bond donors (Lipinski definition) is 0. The number of Topliss-reactive ketones (excluding diaryl/α,β-unsaturated/α-hetero) is 2. The fourth-order valence-corrected chi connectivity index (χ4v) is 21.7. The van der Waals surface area contributed by atoms with Crippen molar-refractivity contribution < 1.29 is 49.5 Å². The van der Waals surface area contributed by atoms with Crippen LogP contribution in [0, 0.1) is 0 Å². The van der Waals surface area contributed by atoms with E-state index < -0.39 is 50.2 Å². The molecule has 0 unspecified atom stereocenters. The van der Waals surface area contributed by atoms with E-state index in [1.165, 1.54) is 13.8 Å². The van der Waals surface area contributed by atoms with Crippen LogP contribution in [0.3, 0.4) is 0 Å². The molecule has 0 bridgehead atoms. The maximum atomic E-state index is 15.0. The van der Waals surface area contributed by atoms with E-state index in [-0.39, 0.29) is 30.0 Å². The Morgan fingerprint density at radius 2 is 0.632 bits per heavy atom. The summed E-state index contributed by atoms with van der Waals surface area (Å²) in [6.07, 6.45) is -10.5. The Balaban J connectivity index is 1.47. The van der Waals surface area contributed by atoms with Crippen molar-refractivity contribution in [1.82, 2.24) is 0 Å². The van der Waals surface area contributed by atoms with Crippen LogP contribution in [-0.4, -0.2) is 18.9 Å². The Morgan fingerprint density at radius 3 is 0.855 bits per heavy atom. The van der Waals surface area contributed by atoms with Gasteiger partial charge in [-0.2, -0.15) is 0 Å². The first-order valence-corrected chi connectivity index (χ1v) is 29.0. The van der Waals surface area contributed by atoms with Gasteiger partial charge in [-0.25, -0.2) is 0 Å². The summed E-state index contributed by atoms with van der Waals surface area (Å²) in [6.45, 7) is -7.04. The van der Waals surface area contributed by atoms with Crippen LogP contribution in [0.25, 0.3) is 0 Å². The Labute approximate surface area is 438 Å². The van der Waals surface area contributed by atoms with E-state index in [0.717, 1.165) is 0 Å². The standard InChI is InChI=1S/C62H51BF6O5P2/c1-46(70)50-37-33-48(34-38-50)44-75(55-21-9-3-10-22-55,56-23-11-4-12-24-56,57-25-13-5-14-26-57)73-63(72-54-42-52(61(64,65)66)41-53(43-54)62(67,68)69)74-76(58-27-15-6-16-28-58,59-29-17-7-18-30-59,60-31-19-8-20-32-60)45-49-35-39-51(40-36-49)47(2)71/h3-43H,44-45H2,1-2H3. The van der Waals surface area contributed by atoms with Crippen molar-refractivity contribution in [3.63, 3.8) is 0 Å². The van der Waals surface area contributed by atoms with Crippen molar-refractivity contribution >= 4 is 64.4 Å². The predicted octanol–water partition coefficient (Wildman–Crippen LogP) is 13.8. The molecule has 0 atom stereocenters. The number of ketones is 2. The van der Waals surface area contributed by atoms with Gasteiger partial charge in [0.15, 0.2) is 0 Å². The SMILES string of the molecule is CC(=O)c1ccc(CP(OB(Oc2cc(C(F)(F)F)cc(C(F)(F)F)c2)OP(Cc2ccc(C(C)=O)cc2)(c2ccccc2)(c2ccccc2)c2ccccc2)(c2ccccc2)(c2ccccc2)c2ccccc2)cc1. The molecule has 9 rings (SSSR count). The number of alkyl halides is 6. The van der Waals surface area contributed by atoms with Crippen LogP contribution in [0.1, 0.15) is 56.8 Å². The molecule has 0 aromatic heterocycles. The first-order chi connectivity index (χ1) is 36.4.